The summed E-state index contributed by atoms with van der Waals surface area (Å²) in [4.78, 5) is 0. The van der Waals surface area contributed by atoms with Gasteiger partial charge in [-0.2, -0.15) is 0 Å². The Morgan fingerprint density at radius 3 is 1.42 bits per heavy atom. The lowest BCUT2D eigenvalue weighted by Crippen LogP contribution is -1.97. The summed E-state index contributed by atoms with van der Waals surface area (Å²) < 4.78 is 14.9. The van der Waals surface area contributed by atoms with Gasteiger partial charge in [-0.15, -0.1) is 11.3 Å². The molecule has 0 fully saturated rings. The molecule has 0 aliphatic carbocycles. The average Bonchev–Trinajstić information content (AvgIpc) is 3.13. The van der Waals surface area contributed by atoms with Gasteiger partial charge in [0.25, 0.3) is 0 Å². The van der Waals surface area contributed by atoms with E-state index in [0.717, 1.165) is 22.6 Å². The molecule has 1 heterocycles. The number of benzene rings is 4. The topological polar surface area (TPSA) is 18.5 Å². The average molecular weight is 425 g/mol. The van der Waals surface area contributed by atoms with Gasteiger partial charge in [0.1, 0.15) is 24.7 Å². The quantitative estimate of drug-likeness (QED) is 0.276. The molecule has 0 spiro atoms. The maximum atomic E-state index is 6.18. The summed E-state index contributed by atoms with van der Waals surface area (Å²) in [7, 11) is 0. The maximum Gasteiger partial charge on any atom is 0.123 e. The number of fused-ring (bicyclic) bond motifs is 3. The van der Waals surface area contributed by atoms with E-state index in [9.17, 15) is 0 Å². The van der Waals surface area contributed by atoms with Crippen LogP contribution in [-0.4, -0.2) is 0 Å². The van der Waals surface area contributed by atoms with Crippen molar-refractivity contribution >= 4 is 31.5 Å². The summed E-state index contributed by atoms with van der Waals surface area (Å²) in [6, 6.07) is 29.4. The Morgan fingerprint density at radius 1 is 0.581 bits per heavy atom. The molecule has 0 aliphatic rings. The Labute approximate surface area is 186 Å². The molecule has 0 saturated heterocycles. The normalized spacial score (nSPS) is 11.2. The third kappa shape index (κ3) is 4.14. The highest BCUT2D eigenvalue weighted by atomic mass is 32.1. The number of aryl methyl sites for hydroxylation is 2. The van der Waals surface area contributed by atoms with E-state index in [4.69, 9.17) is 9.47 Å². The van der Waals surface area contributed by atoms with E-state index in [0.29, 0.717) is 13.2 Å². The van der Waals surface area contributed by atoms with Crippen LogP contribution >= 0.6 is 11.3 Å². The highest BCUT2D eigenvalue weighted by Crippen LogP contribution is 2.40. The SMILES string of the molecule is Cc1cc2sc3cc(C)c(OCc4ccccc4)cc3c2cc1OCc1ccccc1. The zero-order chi connectivity index (χ0) is 21.2. The molecule has 0 bridgehead atoms. The van der Waals surface area contributed by atoms with Crippen LogP contribution in [0.2, 0.25) is 0 Å². The summed E-state index contributed by atoms with van der Waals surface area (Å²) in [6.07, 6.45) is 0. The predicted molar refractivity (Wildman–Crippen MR) is 130 cm³/mol. The third-order valence-corrected chi connectivity index (χ3v) is 6.65. The predicted octanol–water partition coefficient (Wildman–Crippen LogP) is 7.83. The van der Waals surface area contributed by atoms with Crippen LogP contribution in [0, 0.1) is 13.8 Å². The highest BCUT2D eigenvalue weighted by Gasteiger charge is 2.12. The van der Waals surface area contributed by atoms with Gasteiger partial charge in [0.2, 0.25) is 0 Å². The monoisotopic (exact) mass is 424 g/mol. The lowest BCUT2D eigenvalue weighted by atomic mass is 10.1. The number of rotatable bonds is 6. The van der Waals surface area contributed by atoms with Crippen LogP contribution in [0.3, 0.4) is 0 Å². The fourth-order valence-electron chi connectivity index (χ4n) is 3.81. The molecule has 1 aromatic heterocycles. The van der Waals surface area contributed by atoms with E-state index in [-0.39, 0.29) is 0 Å². The first-order chi connectivity index (χ1) is 15.2. The van der Waals surface area contributed by atoms with Crippen molar-refractivity contribution < 1.29 is 9.47 Å². The van der Waals surface area contributed by atoms with Crippen molar-refractivity contribution in [1.82, 2.24) is 0 Å². The molecule has 5 rings (SSSR count). The molecule has 154 valence electrons. The smallest absolute Gasteiger partial charge is 0.123 e. The van der Waals surface area contributed by atoms with Crippen molar-refractivity contribution in [3.63, 3.8) is 0 Å². The summed E-state index contributed by atoms with van der Waals surface area (Å²) in [5.74, 6) is 1.87. The number of thiophene rings is 1. The second kappa shape index (κ2) is 8.44. The molecule has 0 N–H and O–H groups in total. The Kier molecular flexibility index (Phi) is 5.35. The molecule has 0 atom stereocenters. The van der Waals surface area contributed by atoms with Gasteiger partial charge in [0.15, 0.2) is 0 Å². The minimum absolute atomic E-state index is 0.569. The standard InChI is InChI=1S/C28H24O2S/c1-19-13-27-23(15-25(19)29-17-21-9-5-3-6-10-21)24-16-26(20(2)14-28(24)31-27)30-18-22-11-7-4-8-12-22/h3-16H,17-18H2,1-2H3. The van der Waals surface area contributed by atoms with Crippen molar-refractivity contribution in [2.45, 2.75) is 27.1 Å². The number of hydrogen-bond acceptors (Lipinski definition) is 3. The van der Waals surface area contributed by atoms with Crippen LogP contribution in [0.5, 0.6) is 11.5 Å². The summed E-state index contributed by atoms with van der Waals surface area (Å²) in [5.41, 5.74) is 4.66. The molecule has 5 aromatic rings. The third-order valence-electron chi connectivity index (χ3n) is 5.54. The fourth-order valence-corrected chi connectivity index (χ4v) is 5.08. The Balaban J connectivity index is 1.48. The van der Waals surface area contributed by atoms with Crippen LogP contribution in [0.4, 0.5) is 0 Å². The van der Waals surface area contributed by atoms with Gasteiger partial charge in [-0.3, -0.25) is 0 Å². The molecular weight excluding hydrogens is 400 g/mol. The second-order valence-corrected chi connectivity index (χ2v) is 8.96. The number of ether oxygens (including phenoxy) is 2. The molecular formula is C28H24O2S. The molecule has 2 nitrogen and oxygen atoms in total. The van der Waals surface area contributed by atoms with Crippen LogP contribution < -0.4 is 9.47 Å². The molecule has 31 heavy (non-hydrogen) atoms. The largest absolute Gasteiger partial charge is 0.489 e. The van der Waals surface area contributed by atoms with Gasteiger partial charge >= 0.3 is 0 Å². The lowest BCUT2D eigenvalue weighted by molar-refractivity contribution is 0.304. The van der Waals surface area contributed by atoms with E-state index >= 15 is 0 Å². The fraction of sp³-hybridized carbons (Fsp3) is 0.143. The van der Waals surface area contributed by atoms with Crippen LogP contribution in [0.1, 0.15) is 22.3 Å². The summed E-state index contributed by atoms with van der Waals surface area (Å²) >= 11 is 1.83. The maximum absolute atomic E-state index is 6.18. The van der Waals surface area contributed by atoms with Crippen LogP contribution in [-0.2, 0) is 13.2 Å². The van der Waals surface area contributed by atoms with Gasteiger partial charge in [0.05, 0.1) is 0 Å². The number of hydrogen-bond donors (Lipinski definition) is 0. The van der Waals surface area contributed by atoms with Gasteiger partial charge < -0.3 is 9.47 Å². The Bertz CT molecular complexity index is 1230. The minimum atomic E-state index is 0.569. The first-order valence-electron chi connectivity index (χ1n) is 10.5. The van der Waals surface area contributed by atoms with Crippen molar-refractivity contribution in [2.75, 3.05) is 0 Å². The van der Waals surface area contributed by atoms with Crippen LogP contribution in [0.25, 0.3) is 20.2 Å². The van der Waals surface area contributed by atoms with E-state index in [1.807, 2.05) is 47.7 Å². The molecule has 0 radical (unpaired) electrons. The first-order valence-corrected chi connectivity index (χ1v) is 11.3. The molecule has 0 unspecified atom stereocenters. The van der Waals surface area contributed by atoms with Crippen molar-refractivity contribution in [1.29, 1.82) is 0 Å². The second-order valence-electron chi connectivity index (χ2n) is 7.88. The lowest BCUT2D eigenvalue weighted by Gasteiger charge is -2.11. The van der Waals surface area contributed by atoms with Crippen molar-refractivity contribution in [3.8, 4) is 11.5 Å². The van der Waals surface area contributed by atoms with E-state index in [1.165, 1.54) is 31.3 Å². The van der Waals surface area contributed by atoms with E-state index in [1.54, 1.807) is 0 Å². The van der Waals surface area contributed by atoms with E-state index in [2.05, 4.69) is 62.4 Å². The first kappa shape index (κ1) is 19.7. The zero-order valence-corrected chi connectivity index (χ0v) is 18.5. The molecule has 0 saturated carbocycles. The zero-order valence-electron chi connectivity index (χ0n) is 17.7. The summed E-state index contributed by atoms with van der Waals surface area (Å²) in [6.45, 7) is 5.37. The molecule has 0 aliphatic heterocycles. The van der Waals surface area contributed by atoms with Gasteiger partial charge in [-0.1, -0.05) is 60.7 Å². The summed E-state index contributed by atoms with van der Waals surface area (Å²) in [5, 5.41) is 2.44. The van der Waals surface area contributed by atoms with Crippen molar-refractivity contribution in [3.05, 3.63) is 107 Å². The molecule has 4 aromatic carbocycles. The Morgan fingerprint density at radius 2 is 1.00 bits per heavy atom. The van der Waals surface area contributed by atoms with E-state index < -0.39 is 0 Å². The molecule has 0 amide bonds. The van der Waals surface area contributed by atoms with Gasteiger partial charge in [-0.25, -0.2) is 0 Å². The highest BCUT2D eigenvalue weighted by molar-refractivity contribution is 7.25. The van der Waals surface area contributed by atoms with Crippen LogP contribution in [0.15, 0.2) is 84.9 Å². The minimum Gasteiger partial charge on any atom is -0.489 e. The van der Waals surface area contributed by atoms with Gasteiger partial charge in [-0.05, 0) is 60.4 Å². The van der Waals surface area contributed by atoms with Gasteiger partial charge in [0, 0.05) is 20.2 Å². The van der Waals surface area contributed by atoms with Crippen molar-refractivity contribution in [2.24, 2.45) is 0 Å². The Hall–Kier alpha value is -3.30. The molecule has 3 heteroatoms.